The Morgan fingerprint density at radius 1 is 1.45 bits per heavy atom. The van der Waals surface area contributed by atoms with Crippen LogP contribution < -0.4 is 0 Å². The highest BCUT2D eigenvalue weighted by atomic mass is 16.5. The molecule has 1 fully saturated rings. The molecule has 2 aromatic heterocycles. The quantitative estimate of drug-likeness (QED) is 0.883. The molecule has 118 valence electrons. The molecule has 0 saturated carbocycles. The maximum Gasteiger partial charge on any atom is 0.270 e. The van der Waals surface area contributed by atoms with Gasteiger partial charge in [0.1, 0.15) is 11.8 Å². The molecule has 0 spiro atoms. The summed E-state index contributed by atoms with van der Waals surface area (Å²) in [5.74, 6) is 1.40. The second-order valence-corrected chi connectivity index (χ2v) is 6.49. The lowest BCUT2D eigenvalue weighted by atomic mass is 9.96. The largest absolute Gasteiger partial charge is 0.367 e. The van der Waals surface area contributed by atoms with Crippen molar-refractivity contribution in [3.63, 3.8) is 0 Å². The van der Waals surface area contributed by atoms with E-state index in [0.717, 1.165) is 5.82 Å². The van der Waals surface area contributed by atoms with Gasteiger partial charge in [-0.2, -0.15) is 5.10 Å². The van der Waals surface area contributed by atoms with Crippen molar-refractivity contribution in [2.75, 3.05) is 19.7 Å². The van der Waals surface area contributed by atoms with E-state index < -0.39 is 0 Å². The fourth-order valence-corrected chi connectivity index (χ4v) is 2.39. The van der Waals surface area contributed by atoms with Crippen molar-refractivity contribution in [3.8, 4) is 0 Å². The fraction of sp³-hybridized carbons (Fsp3) is 0.533. The monoisotopic (exact) mass is 303 g/mol. The number of aromatic nitrogens is 4. The van der Waals surface area contributed by atoms with E-state index in [1.165, 1.54) is 0 Å². The van der Waals surface area contributed by atoms with Crippen LogP contribution in [-0.2, 0) is 10.2 Å². The molecule has 22 heavy (non-hydrogen) atoms. The van der Waals surface area contributed by atoms with Crippen molar-refractivity contribution in [3.05, 3.63) is 35.7 Å². The molecule has 0 aliphatic carbocycles. The van der Waals surface area contributed by atoms with Crippen LogP contribution in [0.4, 0.5) is 0 Å². The summed E-state index contributed by atoms with van der Waals surface area (Å²) >= 11 is 0. The van der Waals surface area contributed by atoms with Crippen molar-refractivity contribution in [1.82, 2.24) is 25.1 Å². The van der Waals surface area contributed by atoms with Crippen LogP contribution in [0.15, 0.2) is 18.3 Å². The van der Waals surface area contributed by atoms with Gasteiger partial charge in [0.05, 0.1) is 13.2 Å². The van der Waals surface area contributed by atoms with E-state index in [4.69, 9.17) is 4.74 Å². The summed E-state index contributed by atoms with van der Waals surface area (Å²) in [7, 11) is 0. The highest BCUT2D eigenvalue weighted by molar-refractivity contribution is 5.92. The summed E-state index contributed by atoms with van der Waals surface area (Å²) in [6, 6.07) is 3.59. The molecule has 0 aromatic carbocycles. The second kappa shape index (κ2) is 5.57. The number of rotatable bonds is 2. The second-order valence-electron chi connectivity index (χ2n) is 6.49. The number of hydrogen-bond donors (Lipinski definition) is 2. The van der Waals surface area contributed by atoms with E-state index in [-0.39, 0.29) is 17.4 Å². The van der Waals surface area contributed by atoms with Crippen LogP contribution in [0.3, 0.4) is 0 Å². The molecule has 1 amide bonds. The molecule has 1 aliphatic heterocycles. The average molecular weight is 303 g/mol. The molecular formula is C15H21N5O2. The number of hydrogen-bond acceptors (Lipinski definition) is 4. The van der Waals surface area contributed by atoms with Gasteiger partial charge in [0.2, 0.25) is 0 Å². The number of H-pyrrole nitrogens is 2. The molecule has 1 aliphatic rings. The Kier molecular flexibility index (Phi) is 3.74. The summed E-state index contributed by atoms with van der Waals surface area (Å²) in [5, 5.41) is 7.20. The van der Waals surface area contributed by atoms with Gasteiger partial charge in [-0.05, 0) is 12.1 Å². The average Bonchev–Trinajstić information content (AvgIpc) is 3.17. The lowest BCUT2D eigenvalue weighted by molar-refractivity contribution is -0.0268. The minimum absolute atomic E-state index is 0.0196. The molecule has 0 unspecified atom stereocenters. The summed E-state index contributed by atoms with van der Waals surface area (Å²) in [4.78, 5) is 21.6. The number of carbonyl (C=O) groups is 1. The first kappa shape index (κ1) is 14.8. The van der Waals surface area contributed by atoms with Crippen LogP contribution in [-0.4, -0.2) is 50.7 Å². The van der Waals surface area contributed by atoms with E-state index in [9.17, 15) is 4.79 Å². The third-order valence-corrected chi connectivity index (χ3v) is 3.66. The van der Waals surface area contributed by atoms with Gasteiger partial charge in [0.25, 0.3) is 5.91 Å². The topological polar surface area (TPSA) is 86.9 Å². The Balaban J connectivity index is 1.73. The highest BCUT2D eigenvalue weighted by Crippen LogP contribution is 2.23. The van der Waals surface area contributed by atoms with Gasteiger partial charge in [-0.1, -0.05) is 20.8 Å². The first-order chi connectivity index (χ1) is 10.4. The Bertz CT molecular complexity index is 641. The molecule has 7 heteroatoms. The van der Waals surface area contributed by atoms with Crippen molar-refractivity contribution in [1.29, 1.82) is 0 Å². The molecule has 2 aromatic rings. The predicted octanol–water partition coefficient (Wildman–Crippen LogP) is 1.64. The summed E-state index contributed by atoms with van der Waals surface area (Å²) in [6.45, 7) is 7.71. The first-order valence-corrected chi connectivity index (χ1v) is 7.42. The SMILES string of the molecule is CC(C)(C)c1n[nH]c([C@@H]2CN(C(=O)c3ccc[nH]3)CCO2)n1. The normalized spacial score (nSPS) is 19.4. The van der Waals surface area contributed by atoms with Gasteiger partial charge in [0, 0.05) is 18.2 Å². The van der Waals surface area contributed by atoms with Crippen molar-refractivity contribution in [2.45, 2.75) is 32.3 Å². The molecule has 3 rings (SSSR count). The van der Waals surface area contributed by atoms with E-state index in [1.807, 2.05) is 6.07 Å². The Morgan fingerprint density at radius 3 is 2.91 bits per heavy atom. The maximum atomic E-state index is 12.4. The van der Waals surface area contributed by atoms with E-state index in [0.29, 0.717) is 31.2 Å². The van der Waals surface area contributed by atoms with E-state index in [2.05, 4.69) is 40.9 Å². The summed E-state index contributed by atoms with van der Waals surface area (Å²) in [5.41, 5.74) is 0.469. The molecule has 2 N–H and O–H groups in total. The van der Waals surface area contributed by atoms with E-state index >= 15 is 0 Å². The number of nitrogens with zero attached hydrogens (tertiary/aromatic N) is 3. The van der Waals surface area contributed by atoms with Crippen LogP contribution in [0.25, 0.3) is 0 Å². The number of carbonyl (C=O) groups excluding carboxylic acids is 1. The number of amides is 1. The number of nitrogens with one attached hydrogen (secondary N) is 2. The van der Waals surface area contributed by atoms with Crippen LogP contribution >= 0.6 is 0 Å². The van der Waals surface area contributed by atoms with Crippen LogP contribution in [0.2, 0.25) is 0 Å². The zero-order valence-corrected chi connectivity index (χ0v) is 13.1. The Hall–Kier alpha value is -2.15. The molecule has 3 heterocycles. The molecule has 1 atom stereocenters. The zero-order valence-electron chi connectivity index (χ0n) is 13.1. The number of aromatic amines is 2. The first-order valence-electron chi connectivity index (χ1n) is 7.42. The standard InChI is InChI=1S/C15H21N5O2/c1-15(2,3)14-17-12(18-19-14)11-9-20(7-8-22-11)13(21)10-5-4-6-16-10/h4-6,11,16H,7-9H2,1-3H3,(H,17,18,19)/t11-/m0/s1. The Labute approximate surface area is 129 Å². The zero-order chi connectivity index (χ0) is 15.7. The lowest BCUT2D eigenvalue weighted by Gasteiger charge is -2.31. The van der Waals surface area contributed by atoms with Crippen molar-refractivity contribution >= 4 is 5.91 Å². The number of ether oxygens (including phenoxy) is 1. The van der Waals surface area contributed by atoms with E-state index in [1.54, 1.807) is 17.2 Å². The summed E-state index contributed by atoms with van der Waals surface area (Å²) in [6.07, 6.45) is 1.48. The van der Waals surface area contributed by atoms with Crippen molar-refractivity contribution in [2.24, 2.45) is 0 Å². The molecular weight excluding hydrogens is 282 g/mol. The fourth-order valence-electron chi connectivity index (χ4n) is 2.39. The van der Waals surface area contributed by atoms with Crippen molar-refractivity contribution < 1.29 is 9.53 Å². The lowest BCUT2D eigenvalue weighted by Crippen LogP contribution is -2.42. The van der Waals surface area contributed by atoms with Gasteiger partial charge >= 0.3 is 0 Å². The van der Waals surface area contributed by atoms with Gasteiger partial charge in [-0.25, -0.2) is 4.98 Å². The Morgan fingerprint density at radius 2 is 2.27 bits per heavy atom. The highest BCUT2D eigenvalue weighted by Gasteiger charge is 2.30. The van der Waals surface area contributed by atoms with Crippen LogP contribution in [0, 0.1) is 0 Å². The molecule has 0 bridgehead atoms. The minimum Gasteiger partial charge on any atom is -0.367 e. The molecule has 0 radical (unpaired) electrons. The maximum absolute atomic E-state index is 12.4. The molecule has 1 saturated heterocycles. The van der Waals surface area contributed by atoms with Gasteiger partial charge in [-0.15, -0.1) is 0 Å². The van der Waals surface area contributed by atoms with Gasteiger partial charge in [0.15, 0.2) is 11.6 Å². The van der Waals surface area contributed by atoms with Gasteiger partial charge < -0.3 is 14.6 Å². The predicted molar refractivity (Wildman–Crippen MR) is 80.5 cm³/mol. The smallest absolute Gasteiger partial charge is 0.270 e. The number of morpholine rings is 1. The van der Waals surface area contributed by atoms with Gasteiger partial charge in [-0.3, -0.25) is 9.89 Å². The minimum atomic E-state index is -0.267. The van der Waals surface area contributed by atoms with Crippen LogP contribution in [0.5, 0.6) is 0 Å². The molecule has 7 nitrogen and oxygen atoms in total. The third-order valence-electron chi connectivity index (χ3n) is 3.66. The van der Waals surface area contributed by atoms with Crippen LogP contribution in [0.1, 0.15) is 49.0 Å². The summed E-state index contributed by atoms with van der Waals surface area (Å²) < 4.78 is 5.75. The third kappa shape index (κ3) is 2.89.